The Hall–Kier alpha value is -2.38. The molecule has 3 aromatic rings. The monoisotopic (exact) mass is 470 g/mol. The lowest BCUT2D eigenvalue weighted by molar-refractivity contribution is 0.0754. The number of halogens is 2. The second-order valence-corrected chi connectivity index (χ2v) is 9.25. The van der Waals surface area contributed by atoms with Gasteiger partial charge in [0.25, 0.3) is 5.91 Å². The van der Waals surface area contributed by atoms with E-state index in [1.54, 1.807) is 29.2 Å². The van der Waals surface area contributed by atoms with Crippen molar-refractivity contribution in [1.82, 2.24) is 14.8 Å². The molecule has 2 aliphatic heterocycles. The molecule has 2 aliphatic rings. The van der Waals surface area contributed by atoms with Crippen LogP contribution in [-0.2, 0) is 0 Å². The van der Waals surface area contributed by atoms with Gasteiger partial charge in [0.05, 0.1) is 12.1 Å². The highest BCUT2D eigenvalue weighted by Crippen LogP contribution is 2.28. The number of rotatable bonds is 3. The summed E-state index contributed by atoms with van der Waals surface area (Å²) in [6.07, 6.45) is 1.26. The first-order valence-corrected chi connectivity index (χ1v) is 11.5. The molecule has 0 saturated carbocycles. The third-order valence-corrected chi connectivity index (χ3v) is 6.91. The van der Waals surface area contributed by atoms with Gasteiger partial charge in [0, 0.05) is 66.5 Å². The van der Waals surface area contributed by atoms with Crippen LogP contribution in [0, 0.1) is 0 Å². The molecule has 0 unspecified atom stereocenters. The Balaban J connectivity index is 1.25. The Morgan fingerprint density at radius 3 is 2.41 bits per heavy atom. The number of anilines is 1. The number of β-amino-alcohol motifs (C(OH)–C–C–N with tert-alkyl or cyclic N) is 1. The van der Waals surface area contributed by atoms with E-state index in [0.717, 1.165) is 42.8 Å². The van der Waals surface area contributed by atoms with Crippen molar-refractivity contribution in [2.75, 3.05) is 44.2 Å². The van der Waals surface area contributed by atoms with E-state index in [-0.39, 0.29) is 11.9 Å². The van der Waals surface area contributed by atoms with Crippen LogP contribution in [-0.4, -0.2) is 77.2 Å². The van der Waals surface area contributed by atoms with E-state index in [2.05, 4.69) is 14.8 Å². The summed E-state index contributed by atoms with van der Waals surface area (Å²) < 4.78 is 0. The van der Waals surface area contributed by atoms with Crippen molar-refractivity contribution in [3.05, 3.63) is 70.3 Å². The highest BCUT2D eigenvalue weighted by atomic mass is 35.5. The molecule has 32 heavy (non-hydrogen) atoms. The van der Waals surface area contributed by atoms with Crippen LogP contribution in [0.5, 0.6) is 0 Å². The van der Waals surface area contributed by atoms with E-state index in [9.17, 15) is 9.90 Å². The Labute approximate surface area is 197 Å². The molecule has 0 radical (unpaired) electrons. The van der Waals surface area contributed by atoms with Crippen LogP contribution in [0.4, 0.5) is 5.82 Å². The lowest BCUT2D eigenvalue weighted by atomic mass is 10.1. The summed E-state index contributed by atoms with van der Waals surface area (Å²) in [5, 5.41) is 14.2. The van der Waals surface area contributed by atoms with Crippen LogP contribution in [0.1, 0.15) is 10.4 Å². The van der Waals surface area contributed by atoms with Crippen molar-refractivity contribution in [2.45, 2.75) is 12.1 Å². The first-order chi connectivity index (χ1) is 15.5. The molecule has 2 fully saturated rings. The van der Waals surface area contributed by atoms with Gasteiger partial charge in [0.1, 0.15) is 5.82 Å². The molecular weight excluding hydrogens is 447 g/mol. The van der Waals surface area contributed by atoms with Gasteiger partial charge < -0.3 is 14.9 Å². The minimum atomic E-state index is -0.560. The van der Waals surface area contributed by atoms with Crippen LogP contribution < -0.4 is 4.90 Å². The average Bonchev–Trinajstić information content (AvgIpc) is 3.20. The van der Waals surface area contributed by atoms with Gasteiger partial charge in [-0.05, 0) is 53.9 Å². The van der Waals surface area contributed by atoms with Gasteiger partial charge in [0.15, 0.2) is 0 Å². The van der Waals surface area contributed by atoms with E-state index in [1.165, 1.54) is 0 Å². The quantitative estimate of drug-likeness (QED) is 0.634. The number of carbonyl (C=O) groups is 1. The first kappa shape index (κ1) is 21.5. The van der Waals surface area contributed by atoms with E-state index in [4.69, 9.17) is 23.2 Å². The molecule has 8 heteroatoms. The van der Waals surface area contributed by atoms with E-state index >= 15 is 0 Å². The summed E-state index contributed by atoms with van der Waals surface area (Å²) in [4.78, 5) is 23.8. The van der Waals surface area contributed by atoms with Gasteiger partial charge in [0.2, 0.25) is 0 Å². The van der Waals surface area contributed by atoms with Crippen LogP contribution in [0.3, 0.4) is 0 Å². The Kier molecular flexibility index (Phi) is 5.95. The fourth-order valence-corrected chi connectivity index (χ4v) is 5.03. The lowest BCUT2D eigenvalue weighted by Crippen LogP contribution is -2.54. The molecule has 5 rings (SSSR count). The van der Waals surface area contributed by atoms with E-state index in [0.29, 0.717) is 28.7 Å². The Bertz CT molecular complexity index is 1130. The first-order valence-electron chi connectivity index (χ1n) is 10.8. The summed E-state index contributed by atoms with van der Waals surface area (Å²) in [5.41, 5.74) is 0.592. The zero-order valence-corrected chi connectivity index (χ0v) is 19.0. The number of likely N-dealkylation sites (tertiary alicyclic amines) is 1. The highest BCUT2D eigenvalue weighted by molar-refractivity contribution is 6.31. The normalized spacial score (nSPS) is 22.0. The number of aliphatic hydroxyl groups excluding tert-OH is 1. The van der Waals surface area contributed by atoms with Gasteiger partial charge in [-0.15, -0.1) is 0 Å². The summed E-state index contributed by atoms with van der Waals surface area (Å²) in [6, 6.07) is 14.7. The van der Waals surface area contributed by atoms with Crippen LogP contribution >= 0.6 is 23.2 Å². The van der Waals surface area contributed by atoms with Crippen molar-refractivity contribution in [1.29, 1.82) is 0 Å². The number of piperazine rings is 1. The molecule has 0 bridgehead atoms. The predicted octanol–water partition coefficient (Wildman–Crippen LogP) is 3.55. The minimum absolute atomic E-state index is 0.0623. The number of pyridine rings is 1. The SMILES string of the molecule is O=C(c1ccc(Cl)cc1)N1C[C@@H](O)[C@H](N2CCN(c3nccc4cc(Cl)ccc34)CC2)C1. The lowest BCUT2D eigenvalue weighted by Gasteiger charge is -2.39. The molecule has 166 valence electrons. The molecule has 2 atom stereocenters. The summed E-state index contributed by atoms with van der Waals surface area (Å²) in [6.45, 7) is 4.09. The third kappa shape index (κ3) is 4.16. The molecule has 3 heterocycles. The van der Waals surface area contributed by atoms with Gasteiger partial charge >= 0.3 is 0 Å². The number of amides is 1. The van der Waals surface area contributed by atoms with Crippen LogP contribution in [0.2, 0.25) is 10.0 Å². The second kappa shape index (κ2) is 8.87. The van der Waals surface area contributed by atoms with Gasteiger partial charge in [-0.3, -0.25) is 9.69 Å². The fraction of sp³-hybridized carbons (Fsp3) is 0.333. The third-order valence-electron chi connectivity index (χ3n) is 6.43. The number of aliphatic hydroxyl groups is 1. The number of hydrogen-bond donors (Lipinski definition) is 1. The van der Waals surface area contributed by atoms with Crippen molar-refractivity contribution >= 4 is 45.7 Å². The zero-order valence-electron chi connectivity index (χ0n) is 17.5. The maximum absolute atomic E-state index is 12.8. The Morgan fingerprint density at radius 2 is 1.66 bits per heavy atom. The molecule has 0 aliphatic carbocycles. The smallest absolute Gasteiger partial charge is 0.253 e. The largest absolute Gasteiger partial charge is 0.390 e. The summed E-state index contributed by atoms with van der Waals surface area (Å²) >= 11 is 12.1. The number of nitrogens with zero attached hydrogens (tertiary/aromatic N) is 4. The molecule has 1 N–H and O–H groups in total. The van der Waals surface area contributed by atoms with Crippen molar-refractivity contribution in [3.63, 3.8) is 0 Å². The zero-order chi connectivity index (χ0) is 22.2. The molecule has 1 amide bonds. The number of carbonyl (C=O) groups excluding carboxylic acids is 1. The van der Waals surface area contributed by atoms with Gasteiger partial charge in [-0.1, -0.05) is 23.2 Å². The topological polar surface area (TPSA) is 59.9 Å². The van der Waals surface area contributed by atoms with Crippen LogP contribution in [0.15, 0.2) is 54.7 Å². The fourth-order valence-electron chi connectivity index (χ4n) is 4.72. The standard InChI is InChI=1S/C24H24Cl2N4O2/c25-18-3-1-16(2-4-18)24(32)30-14-21(22(31)15-30)28-9-11-29(12-10-28)23-20-6-5-19(26)13-17(20)7-8-27-23/h1-8,13,21-22,31H,9-12,14-15H2/t21-,22-/m1/s1. The summed E-state index contributed by atoms with van der Waals surface area (Å²) in [7, 11) is 0. The molecule has 6 nitrogen and oxygen atoms in total. The van der Waals surface area contributed by atoms with Gasteiger partial charge in [-0.25, -0.2) is 4.98 Å². The number of hydrogen-bond acceptors (Lipinski definition) is 5. The minimum Gasteiger partial charge on any atom is -0.390 e. The predicted molar refractivity (Wildman–Crippen MR) is 128 cm³/mol. The van der Waals surface area contributed by atoms with Gasteiger partial charge in [-0.2, -0.15) is 0 Å². The van der Waals surface area contributed by atoms with E-state index < -0.39 is 6.10 Å². The summed E-state index contributed by atoms with van der Waals surface area (Å²) in [5.74, 6) is 0.894. The van der Waals surface area contributed by atoms with E-state index in [1.807, 2.05) is 30.5 Å². The average molecular weight is 471 g/mol. The number of fused-ring (bicyclic) bond motifs is 1. The van der Waals surface area contributed by atoms with Crippen LogP contribution in [0.25, 0.3) is 10.8 Å². The van der Waals surface area contributed by atoms with Crippen molar-refractivity contribution in [3.8, 4) is 0 Å². The maximum Gasteiger partial charge on any atom is 0.253 e. The number of benzene rings is 2. The maximum atomic E-state index is 12.8. The molecular formula is C24H24Cl2N4O2. The second-order valence-electron chi connectivity index (χ2n) is 8.37. The highest BCUT2D eigenvalue weighted by Gasteiger charge is 2.39. The molecule has 2 saturated heterocycles. The van der Waals surface area contributed by atoms with Crippen molar-refractivity contribution in [2.24, 2.45) is 0 Å². The molecule has 2 aromatic carbocycles. The number of aromatic nitrogens is 1. The molecule has 1 aromatic heterocycles. The molecule has 0 spiro atoms. The van der Waals surface area contributed by atoms with Crippen molar-refractivity contribution < 1.29 is 9.90 Å². The Morgan fingerprint density at radius 1 is 0.938 bits per heavy atom.